The van der Waals surface area contributed by atoms with Crippen LogP contribution >= 0.6 is 0 Å². The normalized spacial score (nSPS) is 12.5. The molecular weight excluding hydrogens is 508 g/mol. The van der Waals surface area contributed by atoms with Crippen molar-refractivity contribution in [3.63, 3.8) is 0 Å². The summed E-state index contributed by atoms with van der Waals surface area (Å²) in [5, 5.41) is 0.644. The van der Waals surface area contributed by atoms with Crippen molar-refractivity contribution in [2.75, 3.05) is 4.72 Å². The summed E-state index contributed by atoms with van der Waals surface area (Å²) < 4.78 is 34.3. The molecule has 0 aliphatic heterocycles. The standard InChI is InChI=1S/C26H22N6O5S/c1-26(2,3)23(33)16-11-28-24-22(16)30-20(12-29-24)13-8-18-15(6-7-27-18)19(9-13)32-38(35,36)14-4-5-17-21(10-14)37-25(34)31-17/h4-12,27,32H,1-3H3,(H,28,29)(H,31,34). The van der Waals surface area contributed by atoms with E-state index in [1.54, 1.807) is 30.7 Å². The fourth-order valence-electron chi connectivity index (χ4n) is 4.30. The van der Waals surface area contributed by atoms with Crippen molar-refractivity contribution in [1.82, 2.24) is 24.9 Å². The minimum atomic E-state index is -4.05. The molecule has 6 rings (SSSR count). The number of hydrogen-bond acceptors (Lipinski definition) is 7. The fraction of sp³-hybridized carbons (Fsp3) is 0.154. The molecule has 0 amide bonds. The average molecular weight is 531 g/mol. The van der Waals surface area contributed by atoms with Crippen LogP contribution in [0.25, 0.3) is 44.4 Å². The summed E-state index contributed by atoms with van der Waals surface area (Å²) in [6.07, 6.45) is 4.88. The lowest BCUT2D eigenvalue weighted by Gasteiger charge is -2.15. The highest BCUT2D eigenvalue weighted by Gasteiger charge is 2.27. The van der Waals surface area contributed by atoms with E-state index in [0.29, 0.717) is 50.1 Å². The number of sulfonamides is 1. The first-order valence-corrected chi connectivity index (χ1v) is 13.1. The van der Waals surface area contributed by atoms with Gasteiger partial charge in [-0.25, -0.2) is 23.2 Å². The zero-order valence-corrected chi connectivity index (χ0v) is 21.4. The number of carbonyl (C=O) groups is 1. The van der Waals surface area contributed by atoms with Gasteiger partial charge in [0.25, 0.3) is 10.0 Å². The molecule has 0 bridgehead atoms. The molecule has 4 heterocycles. The van der Waals surface area contributed by atoms with Crippen LogP contribution in [0.15, 0.2) is 69.1 Å². The number of Topliss-reactive ketones (excluding diaryl/α,β-unsaturated/α-hetero) is 1. The van der Waals surface area contributed by atoms with Crippen molar-refractivity contribution in [3.8, 4) is 11.3 Å². The van der Waals surface area contributed by atoms with Gasteiger partial charge in [0.1, 0.15) is 5.52 Å². The van der Waals surface area contributed by atoms with Gasteiger partial charge in [-0.05, 0) is 30.3 Å². The van der Waals surface area contributed by atoms with Gasteiger partial charge in [0.05, 0.1) is 33.6 Å². The van der Waals surface area contributed by atoms with Gasteiger partial charge in [-0.3, -0.25) is 14.5 Å². The number of benzene rings is 2. The second-order valence-electron chi connectivity index (χ2n) is 9.97. The molecule has 0 spiro atoms. The fourth-order valence-corrected chi connectivity index (χ4v) is 5.39. The summed E-state index contributed by atoms with van der Waals surface area (Å²) in [4.78, 5) is 42.1. The number of nitrogens with zero attached hydrogens (tertiary/aromatic N) is 2. The average Bonchev–Trinajstić information content (AvgIpc) is 3.59. The van der Waals surface area contributed by atoms with Gasteiger partial charge in [-0.2, -0.15) is 0 Å². The summed E-state index contributed by atoms with van der Waals surface area (Å²) in [5.74, 6) is -0.740. The quantitative estimate of drug-likeness (QED) is 0.237. The SMILES string of the molecule is CC(C)(C)C(=O)c1c[nH]c2ncc(-c3cc(NS(=O)(=O)c4ccc5[nH]c(=O)oc5c4)c4cc[nH]c4c3)nc12. The molecule has 0 atom stereocenters. The second kappa shape index (κ2) is 8.15. The Morgan fingerprint density at radius 1 is 1.05 bits per heavy atom. The summed E-state index contributed by atoms with van der Waals surface area (Å²) in [5.41, 5.74) is 3.34. The zero-order valence-electron chi connectivity index (χ0n) is 20.5. The lowest BCUT2D eigenvalue weighted by Crippen LogP contribution is -2.20. The highest BCUT2D eigenvalue weighted by molar-refractivity contribution is 7.92. The molecular formula is C26H22N6O5S. The Labute approximate surface area is 215 Å². The second-order valence-corrected chi connectivity index (χ2v) is 11.7. The molecule has 0 radical (unpaired) electrons. The van der Waals surface area contributed by atoms with Gasteiger partial charge in [0.15, 0.2) is 17.0 Å². The summed E-state index contributed by atoms with van der Waals surface area (Å²) in [6.45, 7) is 5.51. The lowest BCUT2D eigenvalue weighted by molar-refractivity contribution is 0.0860. The molecule has 0 aliphatic carbocycles. The molecule has 4 N–H and O–H groups in total. The van der Waals surface area contributed by atoms with Crippen molar-refractivity contribution >= 4 is 54.7 Å². The van der Waals surface area contributed by atoms with Crippen molar-refractivity contribution < 1.29 is 17.6 Å². The smallest absolute Gasteiger partial charge is 0.408 e. The Morgan fingerprint density at radius 3 is 2.66 bits per heavy atom. The maximum Gasteiger partial charge on any atom is 0.417 e. The Hall–Kier alpha value is -4.71. The third kappa shape index (κ3) is 3.95. The van der Waals surface area contributed by atoms with Crippen LogP contribution < -0.4 is 10.5 Å². The number of rotatable bonds is 5. The van der Waals surface area contributed by atoms with Gasteiger partial charge in [0, 0.05) is 40.3 Å². The maximum absolute atomic E-state index is 13.3. The molecule has 0 unspecified atom stereocenters. The summed E-state index contributed by atoms with van der Waals surface area (Å²) >= 11 is 0. The predicted octanol–water partition coefficient (Wildman–Crippen LogP) is 4.57. The number of anilines is 1. The number of H-pyrrole nitrogens is 3. The van der Waals surface area contributed by atoms with E-state index in [-0.39, 0.29) is 16.3 Å². The molecule has 11 nitrogen and oxygen atoms in total. The van der Waals surface area contributed by atoms with E-state index in [2.05, 4.69) is 24.7 Å². The van der Waals surface area contributed by atoms with Crippen molar-refractivity contribution in [2.24, 2.45) is 5.41 Å². The van der Waals surface area contributed by atoms with E-state index in [9.17, 15) is 18.0 Å². The number of carbonyl (C=O) groups excluding carboxylic acids is 1. The summed E-state index contributed by atoms with van der Waals surface area (Å²) in [6, 6.07) is 9.39. The molecule has 38 heavy (non-hydrogen) atoms. The number of aromatic nitrogens is 5. The van der Waals surface area contributed by atoms with Crippen molar-refractivity contribution in [1.29, 1.82) is 0 Å². The largest absolute Gasteiger partial charge is 0.417 e. The topological polar surface area (TPSA) is 167 Å². The molecule has 0 saturated carbocycles. The van der Waals surface area contributed by atoms with E-state index < -0.39 is 21.2 Å². The first-order chi connectivity index (χ1) is 18.0. The van der Waals surface area contributed by atoms with Crippen LogP contribution in [0.2, 0.25) is 0 Å². The van der Waals surface area contributed by atoms with Gasteiger partial charge in [-0.15, -0.1) is 0 Å². The lowest BCUT2D eigenvalue weighted by atomic mass is 9.87. The molecule has 0 aliphatic rings. The van der Waals surface area contributed by atoms with E-state index in [1.807, 2.05) is 26.8 Å². The maximum atomic E-state index is 13.3. The molecule has 0 fully saturated rings. The minimum absolute atomic E-state index is 0.0688. The van der Waals surface area contributed by atoms with Crippen molar-refractivity contribution in [2.45, 2.75) is 25.7 Å². The highest BCUT2D eigenvalue weighted by Crippen LogP contribution is 2.33. The van der Waals surface area contributed by atoms with Crippen LogP contribution in [0.3, 0.4) is 0 Å². The highest BCUT2D eigenvalue weighted by atomic mass is 32.2. The summed E-state index contributed by atoms with van der Waals surface area (Å²) in [7, 11) is -4.05. The van der Waals surface area contributed by atoms with Crippen LogP contribution in [-0.4, -0.2) is 39.1 Å². The monoisotopic (exact) mass is 530 g/mol. The van der Waals surface area contributed by atoms with Crippen LogP contribution in [0.5, 0.6) is 0 Å². The van der Waals surface area contributed by atoms with Gasteiger partial charge >= 0.3 is 5.76 Å². The van der Waals surface area contributed by atoms with E-state index >= 15 is 0 Å². The van der Waals surface area contributed by atoms with E-state index in [1.165, 1.54) is 18.2 Å². The third-order valence-electron chi connectivity index (χ3n) is 6.22. The van der Waals surface area contributed by atoms with Crippen molar-refractivity contribution in [3.05, 3.63) is 71.1 Å². The number of hydrogen-bond donors (Lipinski definition) is 4. The number of ketones is 1. The first kappa shape index (κ1) is 23.7. The third-order valence-corrected chi connectivity index (χ3v) is 7.58. The number of nitrogens with one attached hydrogen (secondary N) is 4. The van der Waals surface area contributed by atoms with Gasteiger partial charge < -0.3 is 14.4 Å². The van der Waals surface area contributed by atoms with Crippen LogP contribution in [0.4, 0.5) is 5.69 Å². The predicted molar refractivity (Wildman–Crippen MR) is 143 cm³/mol. The molecule has 2 aromatic carbocycles. The Morgan fingerprint density at radius 2 is 1.87 bits per heavy atom. The molecule has 4 aromatic heterocycles. The Kier molecular flexibility index (Phi) is 5.08. The number of fused-ring (bicyclic) bond motifs is 3. The molecule has 12 heteroatoms. The Balaban J connectivity index is 1.44. The molecule has 192 valence electrons. The van der Waals surface area contributed by atoms with E-state index in [0.717, 1.165) is 0 Å². The number of oxazole rings is 1. The molecule has 6 aromatic rings. The van der Waals surface area contributed by atoms with E-state index in [4.69, 9.17) is 9.40 Å². The van der Waals surface area contributed by atoms with Gasteiger partial charge in [-0.1, -0.05) is 20.8 Å². The minimum Gasteiger partial charge on any atom is -0.408 e. The van der Waals surface area contributed by atoms with Gasteiger partial charge in [0.2, 0.25) is 0 Å². The molecule has 0 saturated heterocycles. The Bertz CT molecular complexity index is 2060. The number of aromatic amines is 3. The first-order valence-electron chi connectivity index (χ1n) is 11.7. The van der Waals surface area contributed by atoms with Crippen LogP contribution in [0, 0.1) is 5.41 Å². The van der Waals surface area contributed by atoms with Crippen LogP contribution in [0.1, 0.15) is 31.1 Å². The zero-order chi connectivity index (χ0) is 26.8. The van der Waals surface area contributed by atoms with Crippen LogP contribution in [-0.2, 0) is 10.0 Å².